The third-order valence-electron chi connectivity index (χ3n) is 2.90. The fourth-order valence-electron chi connectivity index (χ4n) is 1.80. The monoisotopic (exact) mass is 300 g/mol. The van der Waals surface area contributed by atoms with E-state index in [0.29, 0.717) is 36.9 Å². The van der Waals surface area contributed by atoms with Crippen molar-refractivity contribution in [2.75, 3.05) is 52.9 Å². The van der Waals surface area contributed by atoms with Crippen molar-refractivity contribution in [3.8, 4) is 0 Å². The van der Waals surface area contributed by atoms with Crippen LogP contribution in [0.25, 0.3) is 0 Å². The highest BCUT2D eigenvalue weighted by molar-refractivity contribution is 6.31. The molecule has 0 saturated heterocycles. The van der Waals surface area contributed by atoms with Crippen molar-refractivity contribution >= 4 is 23.2 Å². The molecular formula is C14H21ClN2O3. The molecule has 6 heteroatoms. The first kappa shape index (κ1) is 16.8. The number of carbonyl (C=O) groups is 1. The van der Waals surface area contributed by atoms with Crippen molar-refractivity contribution in [2.24, 2.45) is 0 Å². The van der Waals surface area contributed by atoms with Crippen molar-refractivity contribution in [1.82, 2.24) is 4.90 Å². The van der Waals surface area contributed by atoms with Gasteiger partial charge in [0.1, 0.15) is 0 Å². The number of nitrogens with one attached hydrogen (secondary N) is 1. The average molecular weight is 301 g/mol. The molecule has 0 spiro atoms. The minimum Gasteiger partial charge on any atom is -0.387 e. The zero-order chi connectivity index (χ0) is 15.0. The summed E-state index contributed by atoms with van der Waals surface area (Å²) in [6, 6.07) is 5.21. The molecule has 0 saturated carbocycles. The lowest BCUT2D eigenvalue weighted by molar-refractivity contribution is 0.0628. The second kappa shape index (κ2) is 8.79. The molecule has 5 nitrogen and oxygen atoms in total. The molecular weight excluding hydrogens is 280 g/mol. The number of ether oxygens (including phenoxy) is 2. The van der Waals surface area contributed by atoms with Crippen molar-refractivity contribution < 1.29 is 14.3 Å². The van der Waals surface area contributed by atoms with Crippen molar-refractivity contribution in [1.29, 1.82) is 0 Å². The summed E-state index contributed by atoms with van der Waals surface area (Å²) >= 11 is 5.98. The third-order valence-corrected chi connectivity index (χ3v) is 3.13. The Kier molecular flexibility index (Phi) is 7.36. The first-order valence-electron chi connectivity index (χ1n) is 6.38. The smallest absolute Gasteiger partial charge is 0.256 e. The Bertz CT molecular complexity index is 432. The lowest BCUT2D eigenvalue weighted by atomic mass is 10.1. The summed E-state index contributed by atoms with van der Waals surface area (Å²) in [6.45, 7) is 1.97. The van der Waals surface area contributed by atoms with Crippen LogP contribution in [0.1, 0.15) is 10.4 Å². The first-order chi connectivity index (χ1) is 9.63. The van der Waals surface area contributed by atoms with Gasteiger partial charge in [0.15, 0.2) is 0 Å². The summed E-state index contributed by atoms with van der Waals surface area (Å²) in [6.07, 6.45) is 0. The molecule has 1 N–H and O–H groups in total. The number of hydrogen-bond acceptors (Lipinski definition) is 4. The predicted octanol–water partition coefficient (Wildman–Crippen LogP) is 2.12. The van der Waals surface area contributed by atoms with Gasteiger partial charge in [-0.15, -0.1) is 0 Å². The first-order valence-corrected chi connectivity index (χ1v) is 6.76. The molecule has 0 aromatic heterocycles. The van der Waals surface area contributed by atoms with Crippen LogP contribution in [0.5, 0.6) is 0 Å². The number of amides is 1. The maximum atomic E-state index is 12.6. The minimum absolute atomic E-state index is 0.0917. The maximum Gasteiger partial charge on any atom is 0.256 e. The molecule has 0 aliphatic heterocycles. The summed E-state index contributed by atoms with van der Waals surface area (Å²) in [5.74, 6) is -0.0917. The van der Waals surface area contributed by atoms with Crippen LogP contribution in [-0.4, -0.2) is 58.4 Å². The van der Waals surface area contributed by atoms with Gasteiger partial charge in [0.25, 0.3) is 5.91 Å². The van der Waals surface area contributed by atoms with Gasteiger partial charge in [-0.3, -0.25) is 4.79 Å². The molecule has 1 amide bonds. The highest BCUT2D eigenvalue weighted by Gasteiger charge is 2.18. The fraction of sp³-hybridized carbons (Fsp3) is 0.500. The number of halogens is 1. The number of hydrogen-bond donors (Lipinski definition) is 1. The SMILES string of the molecule is CNc1ccc(Cl)cc1C(=O)N(CCOC)CCOC. The number of anilines is 1. The van der Waals surface area contributed by atoms with E-state index in [4.69, 9.17) is 21.1 Å². The Morgan fingerprint density at radius 1 is 1.25 bits per heavy atom. The van der Waals surface area contributed by atoms with E-state index in [1.807, 2.05) is 0 Å². The molecule has 0 aliphatic rings. The summed E-state index contributed by atoms with van der Waals surface area (Å²) < 4.78 is 10.1. The van der Waals surface area contributed by atoms with Gasteiger partial charge in [-0.05, 0) is 18.2 Å². The molecule has 112 valence electrons. The molecule has 1 rings (SSSR count). The maximum absolute atomic E-state index is 12.6. The molecule has 0 heterocycles. The molecule has 1 aromatic carbocycles. The molecule has 0 aliphatic carbocycles. The molecule has 0 fully saturated rings. The Balaban J connectivity index is 2.94. The Hall–Kier alpha value is -1.30. The number of methoxy groups -OCH3 is 2. The molecule has 0 bridgehead atoms. The van der Waals surface area contributed by atoms with Crippen LogP contribution in [0.3, 0.4) is 0 Å². The highest BCUT2D eigenvalue weighted by Crippen LogP contribution is 2.21. The van der Waals surface area contributed by atoms with Gasteiger partial charge in [-0.2, -0.15) is 0 Å². The zero-order valence-corrected chi connectivity index (χ0v) is 12.9. The summed E-state index contributed by atoms with van der Waals surface area (Å²) in [7, 11) is 4.99. The van der Waals surface area contributed by atoms with E-state index in [0.717, 1.165) is 5.69 Å². The van der Waals surface area contributed by atoms with E-state index in [2.05, 4.69) is 5.32 Å². The van der Waals surface area contributed by atoms with E-state index in [1.54, 1.807) is 44.4 Å². The van der Waals surface area contributed by atoms with Gasteiger partial charge in [0.2, 0.25) is 0 Å². The lowest BCUT2D eigenvalue weighted by Crippen LogP contribution is -2.36. The molecule has 0 atom stereocenters. The minimum atomic E-state index is -0.0917. The molecule has 0 unspecified atom stereocenters. The van der Waals surface area contributed by atoms with Gasteiger partial charge < -0.3 is 19.7 Å². The van der Waals surface area contributed by atoms with Crippen LogP contribution >= 0.6 is 11.6 Å². The molecule has 20 heavy (non-hydrogen) atoms. The van der Waals surface area contributed by atoms with Crippen molar-refractivity contribution in [2.45, 2.75) is 0 Å². The van der Waals surface area contributed by atoms with E-state index in [-0.39, 0.29) is 5.91 Å². The second-order valence-electron chi connectivity index (χ2n) is 4.22. The average Bonchev–Trinajstić information content (AvgIpc) is 2.46. The fourth-order valence-corrected chi connectivity index (χ4v) is 1.97. The summed E-state index contributed by atoms with van der Waals surface area (Å²) in [5, 5.41) is 3.54. The van der Waals surface area contributed by atoms with E-state index in [1.165, 1.54) is 0 Å². The summed E-state index contributed by atoms with van der Waals surface area (Å²) in [4.78, 5) is 14.3. The zero-order valence-electron chi connectivity index (χ0n) is 12.1. The van der Waals surface area contributed by atoms with Crippen LogP contribution < -0.4 is 5.32 Å². The highest BCUT2D eigenvalue weighted by atomic mass is 35.5. The van der Waals surface area contributed by atoms with Crippen LogP contribution in [0, 0.1) is 0 Å². The number of rotatable bonds is 8. The van der Waals surface area contributed by atoms with Crippen molar-refractivity contribution in [3.63, 3.8) is 0 Å². The van der Waals surface area contributed by atoms with Gasteiger partial charge in [0.05, 0.1) is 18.8 Å². The van der Waals surface area contributed by atoms with Gasteiger partial charge in [-0.1, -0.05) is 11.6 Å². The molecule has 0 radical (unpaired) electrons. The number of benzene rings is 1. The van der Waals surface area contributed by atoms with E-state index >= 15 is 0 Å². The molecule has 1 aromatic rings. The second-order valence-corrected chi connectivity index (χ2v) is 4.65. The summed E-state index contributed by atoms with van der Waals surface area (Å²) in [5.41, 5.74) is 1.30. The topological polar surface area (TPSA) is 50.8 Å². The normalized spacial score (nSPS) is 10.4. The Morgan fingerprint density at radius 2 is 1.85 bits per heavy atom. The van der Waals surface area contributed by atoms with E-state index < -0.39 is 0 Å². The van der Waals surface area contributed by atoms with Crippen LogP contribution in [0.2, 0.25) is 5.02 Å². The van der Waals surface area contributed by atoms with Gasteiger partial charge >= 0.3 is 0 Å². The standard InChI is InChI=1S/C14H21ClN2O3/c1-16-13-5-4-11(15)10-12(13)14(18)17(6-8-19-2)7-9-20-3/h4-5,10,16H,6-9H2,1-3H3. The van der Waals surface area contributed by atoms with Crippen molar-refractivity contribution in [3.05, 3.63) is 28.8 Å². The van der Waals surface area contributed by atoms with Crippen LogP contribution in [-0.2, 0) is 9.47 Å². The van der Waals surface area contributed by atoms with Gasteiger partial charge in [-0.25, -0.2) is 0 Å². The number of nitrogens with zero attached hydrogens (tertiary/aromatic N) is 1. The Morgan fingerprint density at radius 3 is 2.35 bits per heavy atom. The van der Waals surface area contributed by atoms with Crippen LogP contribution in [0.4, 0.5) is 5.69 Å². The predicted molar refractivity (Wildman–Crippen MR) is 80.7 cm³/mol. The van der Waals surface area contributed by atoms with Gasteiger partial charge in [0, 0.05) is 45.1 Å². The quantitative estimate of drug-likeness (QED) is 0.799. The third kappa shape index (κ3) is 4.67. The largest absolute Gasteiger partial charge is 0.387 e. The number of carbonyl (C=O) groups excluding carboxylic acids is 1. The van der Waals surface area contributed by atoms with Crippen LogP contribution in [0.15, 0.2) is 18.2 Å². The lowest BCUT2D eigenvalue weighted by Gasteiger charge is -2.23. The van der Waals surface area contributed by atoms with E-state index in [9.17, 15) is 4.79 Å². The Labute approximate surface area is 124 Å².